The van der Waals surface area contributed by atoms with E-state index in [1.807, 2.05) is 11.8 Å². The van der Waals surface area contributed by atoms with Crippen LogP contribution in [0, 0.1) is 0 Å². The molecule has 0 aromatic heterocycles. The molecule has 0 saturated heterocycles. The molecule has 1 rings (SSSR count). The van der Waals surface area contributed by atoms with Crippen molar-refractivity contribution in [1.82, 2.24) is 0 Å². The van der Waals surface area contributed by atoms with E-state index in [2.05, 4.69) is 30.3 Å². The van der Waals surface area contributed by atoms with Gasteiger partial charge in [0.15, 0.2) is 0 Å². The molecule has 0 aliphatic carbocycles. The Labute approximate surface area is 102 Å². The van der Waals surface area contributed by atoms with E-state index in [0.29, 0.717) is 0 Å². The molecule has 0 amide bonds. The molecule has 1 aromatic carbocycles. The van der Waals surface area contributed by atoms with Gasteiger partial charge in [-0.3, -0.25) is 0 Å². The first-order valence-electron chi connectivity index (χ1n) is 5.61. The minimum atomic E-state index is 0.817. The van der Waals surface area contributed by atoms with E-state index >= 15 is 0 Å². The summed E-state index contributed by atoms with van der Waals surface area (Å²) in [6, 6.07) is 10.7. The van der Waals surface area contributed by atoms with Crippen LogP contribution < -0.4 is 0 Å². The second-order valence-electron chi connectivity index (χ2n) is 3.64. The molecule has 0 saturated carbocycles. The van der Waals surface area contributed by atoms with E-state index in [1.165, 1.54) is 37.0 Å². The summed E-state index contributed by atoms with van der Waals surface area (Å²) >= 11 is 7.65. The summed E-state index contributed by atoms with van der Waals surface area (Å²) in [6.07, 6.45) is 5.11. The van der Waals surface area contributed by atoms with Gasteiger partial charge < -0.3 is 0 Å². The molecular formula is C13H19ClS. The number of halogens is 1. The van der Waals surface area contributed by atoms with Gasteiger partial charge in [0.25, 0.3) is 0 Å². The number of hydrogen-bond donors (Lipinski definition) is 0. The van der Waals surface area contributed by atoms with Gasteiger partial charge in [-0.25, -0.2) is 0 Å². The predicted octanol–water partition coefficient (Wildman–Crippen LogP) is 4.72. The molecule has 0 heterocycles. The van der Waals surface area contributed by atoms with Gasteiger partial charge in [0.1, 0.15) is 0 Å². The smallest absolute Gasteiger partial charge is 0.0223 e. The highest BCUT2D eigenvalue weighted by molar-refractivity contribution is 7.98. The summed E-state index contributed by atoms with van der Waals surface area (Å²) in [4.78, 5) is 0. The van der Waals surface area contributed by atoms with Crippen LogP contribution in [-0.2, 0) is 5.75 Å². The standard InChI is InChI=1S/C13H19ClS/c14-10-6-1-2-7-11-15-12-13-8-4-3-5-9-13/h3-5,8-9H,1-2,6-7,10-12H2. The van der Waals surface area contributed by atoms with Crippen LogP contribution in [0.25, 0.3) is 0 Å². The van der Waals surface area contributed by atoms with Crippen molar-refractivity contribution in [2.45, 2.75) is 31.4 Å². The minimum absolute atomic E-state index is 0.817. The Bertz CT molecular complexity index is 236. The third kappa shape index (κ3) is 6.86. The second kappa shape index (κ2) is 9.11. The number of unbranched alkanes of at least 4 members (excludes halogenated alkanes) is 3. The van der Waals surface area contributed by atoms with E-state index in [9.17, 15) is 0 Å². The van der Waals surface area contributed by atoms with E-state index in [4.69, 9.17) is 11.6 Å². The van der Waals surface area contributed by atoms with Crippen LogP contribution in [0.1, 0.15) is 31.2 Å². The Hall–Kier alpha value is -0.140. The maximum atomic E-state index is 5.62. The molecule has 0 fully saturated rings. The van der Waals surface area contributed by atoms with Crippen LogP contribution in [0.15, 0.2) is 30.3 Å². The summed E-state index contributed by atoms with van der Waals surface area (Å²) in [6.45, 7) is 0. The molecule has 0 spiro atoms. The average Bonchev–Trinajstić information content (AvgIpc) is 2.29. The Kier molecular flexibility index (Phi) is 7.85. The SMILES string of the molecule is ClCCCCCCSCc1ccccc1. The highest BCUT2D eigenvalue weighted by Gasteiger charge is 1.93. The molecule has 15 heavy (non-hydrogen) atoms. The molecule has 84 valence electrons. The molecule has 0 aliphatic heterocycles. The van der Waals surface area contributed by atoms with Gasteiger partial charge in [0.05, 0.1) is 0 Å². The zero-order chi connectivity index (χ0) is 10.8. The molecule has 2 heteroatoms. The van der Waals surface area contributed by atoms with Crippen LogP contribution >= 0.6 is 23.4 Å². The minimum Gasteiger partial charge on any atom is -0.157 e. The monoisotopic (exact) mass is 242 g/mol. The lowest BCUT2D eigenvalue weighted by Crippen LogP contribution is -1.85. The van der Waals surface area contributed by atoms with E-state index in [1.54, 1.807) is 0 Å². The van der Waals surface area contributed by atoms with Crippen LogP contribution in [0.3, 0.4) is 0 Å². The topological polar surface area (TPSA) is 0 Å². The zero-order valence-electron chi connectivity index (χ0n) is 9.12. The Balaban J connectivity index is 1.93. The van der Waals surface area contributed by atoms with Gasteiger partial charge in [-0.05, 0) is 24.2 Å². The first-order chi connectivity index (χ1) is 7.43. The fourth-order valence-electron chi connectivity index (χ4n) is 1.42. The van der Waals surface area contributed by atoms with E-state index in [0.717, 1.165) is 11.6 Å². The summed E-state index contributed by atoms with van der Waals surface area (Å²) in [7, 11) is 0. The predicted molar refractivity (Wildman–Crippen MR) is 71.8 cm³/mol. The molecule has 0 radical (unpaired) electrons. The zero-order valence-corrected chi connectivity index (χ0v) is 10.7. The Morgan fingerprint density at radius 3 is 2.40 bits per heavy atom. The number of benzene rings is 1. The van der Waals surface area contributed by atoms with Crippen molar-refractivity contribution in [2.24, 2.45) is 0 Å². The molecule has 0 unspecified atom stereocenters. The Morgan fingerprint density at radius 1 is 0.933 bits per heavy atom. The quantitative estimate of drug-likeness (QED) is 0.470. The highest BCUT2D eigenvalue weighted by atomic mass is 35.5. The molecule has 0 atom stereocenters. The lowest BCUT2D eigenvalue weighted by Gasteiger charge is -2.01. The van der Waals surface area contributed by atoms with Crippen molar-refractivity contribution in [2.75, 3.05) is 11.6 Å². The van der Waals surface area contributed by atoms with Gasteiger partial charge in [0, 0.05) is 11.6 Å². The van der Waals surface area contributed by atoms with Gasteiger partial charge in [0.2, 0.25) is 0 Å². The van der Waals surface area contributed by atoms with Crippen molar-refractivity contribution in [3.8, 4) is 0 Å². The van der Waals surface area contributed by atoms with Crippen molar-refractivity contribution < 1.29 is 0 Å². The van der Waals surface area contributed by atoms with Crippen molar-refractivity contribution in [3.05, 3.63) is 35.9 Å². The summed E-state index contributed by atoms with van der Waals surface area (Å²) in [5.74, 6) is 3.24. The van der Waals surface area contributed by atoms with Crippen molar-refractivity contribution in [1.29, 1.82) is 0 Å². The first kappa shape index (κ1) is 12.9. The van der Waals surface area contributed by atoms with Crippen molar-refractivity contribution >= 4 is 23.4 Å². The number of thioether (sulfide) groups is 1. The lowest BCUT2D eigenvalue weighted by molar-refractivity contribution is 0.709. The third-order valence-corrected chi connectivity index (χ3v) is 3.67. The average molecular weight is 243 g/mol. The fraction of sp³-hybridized carbons (Fsp3) is 0.538. The maximum absolute atomic E-state index is 5.62. The third-order valence-electron chi connectivity index (χ3n) is 2.28. The number of hydrogen-bond acceptors (Lipinski definition) is 1. The van der Waals surface area contributed by atoms with Gasteiger partial charge in [-0.2, -0.15) is 11.8 Å². The fourth-order valence-corrected chi connectivity index (χ4v) is 2.59. The van der Waals surface area contributed by atoms with E-state index < -0.39 is 0 Å². The maximum Gasteiger partial charge on any atom is 0.0223 e. The second-order valence-corrected chi connectivity index (χ2v) is 5.12. The van der Waals surface area contributed by atoms with Crippen LogP contribution in [0.4, 0.5) is 0 Å². The lowest BCUT2D eigenvalue weighted by atomic mass is 10.2. The molecule has 0 bridgehead atoms. The van der Waals surface area contributed by atoms with Gasteiger partial charge in [-0.15, -0.1) is 11.6 Å². The van der Waals surface area contributed by atoms with Gasteiger partial charge in [-0.1, -0.05) is 43.2 Å². The molecular weight excluding hydrogens is 224 g/mol. The molecule has 1 aromatic rings. The number of rotatable bonds is 8. The van der Waals surface area contributed by atoms with Crippen LogP contribution in [-0.4, -0.2) is 11.6 Å². The highest BCUT2D eigenvalue weighted by Crippen LogP contribution is 2.14. The first-order valence-corrected chi connectivity index (χ1v) is 7.30. The largest absolute Gasteiger partial charge is 0.157 e. The molecule has 0 nitrogen and oxygen atoms in total. The molecule has 0 N–H and O–H groups in total. The van der Waals surface area contributed by atoms with Gasteiger partial charge >= 0.3 is 0 Å². The summed E-state index contributed by atoms with van der Waals surface area (Å²) in [5, 5.41) is 0. The Morgan fingerprint density at radius 2 is 1.67 bits per heavy atom. The summed E-state index contributed by atoms with van der Waals surface area (Å²) in [5.41, 5.74) is 1.43. The van der Waals surface area contributed by atoms with Crippen molar-refractivity contribution in [3.63, 3.8) is 0 Å². The normalized spacial score (nSPS) is 10.5. The molecule has 0 aliphatic rings. The van der Waals surface area contributed by atoms with E-state index in [-0.39, 0.29) is 0 Å². The number of alkyl halides is 1. The summed E-state index contributed by atoms with van der Waals surface area (Å²) < 4.78 is 0. The van der Waals surface area contributed by atoms with Crippen LogP contribution in [0.2, 0.25) is 0 Å². The van der Waals surface area contributed by atoms with Crippen LogP contribution in [0.5, 0.6) is 0 Å².